The number of hydrogen-bond acceptors (Lipinski definition) is 6. The second-order valence-electron chi connectivity index (χ2n) is 6.62. The summed E-state index contributed by atoms with van der Waals surface area (Å²) < 4.78 is 5.49. The van der Waals surface area contributed by atoms with Crippen molar-refractivity contribution in [1.29, 1.82) is 0 Å². The number of nitrogens with zero attached hydrogens (tertiary/aromatic N) is 3. The van der Waals surface area contributed by atoms with E-state index >= 15 is 0 Å². The first-order valence-corrected chi connectivity index (χ1v) is 9.31. The summed E-state index contributed by atoms with van der Waals surface area (Å²) in [7, 11) is 0. The molecule has 2 aliphatic rings. The van der Waals surface area contributed by atoms with Crippen molar-refractivity contribution >= 4 is 34.7 Å². The number of fused-ring (bicyclic) bond motifs is 2. The Morgan fingerprint density at radius 1 is 1.36 bits per heavy atom. The number of ether oxygens (including phenoxy) is 1. The summed E-state index contributed by atoms with van der Waals surface area (Å²) >= 11 is 1.66. The Kier molecular flexibility index (Phi) is 3.91. The Morgan fingerprint density at radius 3 is 2.84 bits per heavy atom. The van der Waals surface area contributed by atoms with Gasteiger partial charge in [0.15, 0.2) is 0 Å². The van der Waals surface area contributed by atoms with E-state index in [2.05, 4.69) is 9.97 Å². The fourth-order valence-electron chi connectivity index (χ4n) is 3.49. The van der Waals surface area contributed by atoms with Crippen LogP contribution in [0.25, 0.3) is 11.0 Å². The van der Waals surface area contributed by atoms with Crippen LogP contribution >= 0.6 is 11.8 Å². The SMILES string of the molecule is Cc1nc2ccccc2nc1COC(=O)[C@@H]1CS[C@@]2(C)CCC(=O)N12. The first-order chi connectivity index (χ1) is 12.0. The Hall–Kier alpha value is -2.15. The maximum Gasteiger partial charge on any atom is 0.330 e. The molecule has 1 aromatic heterocycles. The van der Waals surface area contributed by atoms with E-state index in [1.807, 2.05) is 38.1 Å². The van der Waals surface area contributed by atoms with E-state index < -0.39 is 6.04 Å². The lowest BCUT2D eigenvalue weighted by Gasteiger charge is -2.29. The van der Waals surface area contributed by atoms with E-state index in [-0.39, 0.29) is 23.4 Å². The maximum absolute atomic E-state index is 12.5. The Morgan fingerprint density at radius 2 is 2.08 bits per heavy atom. The normalized spacial score (nSPS) is 25.4. The molecule has 7 heteroatoms. The van der Waals surface area contributed by atoms with Crippen molar-refractivity contribution in [1.82, 2.24) is 14.9 Å². The zero-order valence-corrected chi connectivity index (χ0v) is 15.0. The first-order valence-electron chi connectivity index (χ1n) is 8.33. The number of benzene rings is 1. The molecule has 0 unspecified atom stereocenters. The Labute approximate surface area is 150 Å². The van der Waals surface area contributed by atoms with Crippen LogP contribution in [0, 0.1) is 6.92 Å². The molecule has 6 nitrogen and oxygen atoms in total. The van der Waals surface area contributed by atoms with Crippen molar-refractivity contribution in [2.24, 2.45) is 0 Å². The summed E-state index contributed by atoms with van der Waals surface area (Å²) in [5.74, 6) is 0.265. The summed E-state index contributed by atoms with van der Waals surface area (Å²) in [5, 5.41) is 0. The van der Waals surface area contributed by atoms with Gasteiger partial charge in [0.05, 0.1) is 27.3 Å². The number of para-hydroxylation sites is 2. The summed E-state index contributed by atoms with van der Waals surface area (Å²) in [6.45, 7) is 3.95. The van der Waals surface area contributed by atoms with Crippen LogP contribution in [0.4, 0.5) is 0 Å². The fraction of sp³-hybridized carbons (Fsp3) is 0.444. The summed E-state index contributed by atoms with van der Waals surface area (Å²) in [6, 6.07) is 7.10. The van der Waals surface area contributed by atoms with Gasteiger partial charge in [-0.25, -0.2) is 14.8 Å². The van der Waals surface area contributed by atoms with E-state index in [4.69, 9.17) is 4.74 Å². The highest BCUT2D eigenvalue weighted by atomic mass is 32.2. The van der Waals surface area contributed by atoms with Crippen LogP contribution in [-0.2, 0) is 20.9 Å². The minimum absolute atomic E-state index is 0.0381. The molecule has 0 bridgehead atoms. The van der Waals surface area contributed by atoms with E-state index in [0.29, 0.717) is 17.9 Å². The number of thioether (sulfide) groups is 1. The number of rotatable bonds is 3. The quantitative estimate of drug-likeness (QED) is 0.786. The average molecular weight is 357 g/mol. The van der Waals surface area contributed by atoms with Crippen molar-refractivity contribution in [3.05, 3.63) is 35.7 Å². The van der Waals surface area contributed by atoms with Gasteiger partial charge in [0.2, 0.25) is 5.91 Å². The van der Waals surface area contributed by atoms with Crippen LogP contribution in [0.15, 0.2) is 24.3 Å². The predicted octanol–water partition coefficient (Wildman–Crippen LogP) is 2.44. The molecule has 2 atom stereocenters. The zero-order valence-electron chi connectivity index (χ0n) is 14.2. The molecule has 2 aliphatic heterocycles. The van der Waals surface area contributed by atoms with Crippen molar-refractivity contribution in [3.8, 4) is 0 Å². The number of carbonyl (C=O) groups excluding carboxylic acids is 2. The maximum atomic E-state index is 12.5. The molecule has 25 heavy (non-hydrogen) atoms. The number of aryl methyl sites for hydroxylation is 1. The molecule has 0 radical (unpaired) electrons. The number of amides is 1. The molecule has 4 rings (SSSR count). The van der Waals surface area contributed by atoms with Gasteiger partial charge in [-0.3, -0.25) is 4.79 Å². The third kappa shape index (κ3) is 2.76. The van der Waals surface area contributed by atoms with Gasteiger partial charge < -0.3 is 9.64 Å². The van der Waals surface area contributed by atoms with E-state index in [0.717, 1.165) is 23.1 Å². The van der Waals surface area contributed by atoms with E-state index in [1.54, 1.807) is 16.7 Å². The lowest BCUT2D eigenvalue weighted by Crippen LogP contribution is -2.46. The topological polar surface area (TPSA) is 72.4 Å². The third-order valence-electron chi connectivity index (χ3n) is 4.91. The monoisotopic (exact) mass is 357 g/mol. The fourth-order valence-corrected chi connectivity index (χ4v) is 4.91. The number of aromatic nitrogens is 2. The van der Waals surface area contributed by atoms with Crippen LogP contribution in [0.5, 0.6) is 0 Å². The second kappa shape index (κ2) is 5.98. The molecule has 1 amide bonds. The molecule has 2 saturated heterocycles. The molecule has 0 N–H and O–H groups in total. The highest BCUT2D eigenvalue weighted by Gasteiger charge is 2.53. The van der Waals surface area contributed by atoms with Crippen molar-refractivity contribution < 1.29 is 14.3 Å². The minimum Gasteiger partial charge on any atom is -0.458 e. The van der Waals surface area contributed by atoms with Gasteiger partial charge in [-0.1, -0.05) is 12.1 Å². The van der Waals surface area contributed by atoms with Crippen molar-refractivity contribution in [2.45, 2.75) is 44.2 Å². The first kappa shape index (κ1) is 16.3. The Balaban J connectivity index is 1.49. The largest absolute Gasteiger partial charge is 0.458 e. The van der Waals surface area contributed by atoms with Gasteiger partial charge in [-0.2, -0.15) is 0 Å². The summed E-state index contributed by atoms with van der Waals surface area (Å²) in [4.78, 5) is 35.2. The number of hydrogen-bond donors (Lipinski definition) is 0. The molecule has 1 aromatic carbocycles. The van der Waals surface area contributed by atoms with Crippen LogP contribution in [-0.4, -0.2) is 43.4 Å². The molecule has 2 aromatic rings. The average Bonchev–Trinajstić information content (AvgIpc) is 3.09. The predicted molar refractivity (Wildman–Crippen MR) is 94.8 cm³/mol. The number of carbonyl (C=O) groups is 2. The molecule has 130 valence electrons. The number of esters is 1. The van der Waals surface area contributed by atoms with Gasteiger partial charge in [0, 0.05) is 12.2 Å². The van der Waals surface area contributed by atoms with Crippen LogP contribution in [0.3, 0.4) is 0 Å². The molecular formula is C18H19N3O3S. The summed E-state index contributed by atoms with van der Waals surface area (Å²) in [6.07, 6.45) is 1.29. The van der Waals surface area contributed by atoms with Gasteiger partial charge >= 0.3 is 5.97 Å². The minimum atomic E-state index is -0.501. The van der Waals surface area contributed by atoms with Gasteiger partial charge in [0.25, 0.3) is 0 Å². The third-order valence-corrected chi connectivity index (χ3v) is 6.42. The standard InChI is InChI=1S/C18H19N3O3S/c1-11-14(20-13-6-4-3-5-12(13)19-11)9-24-17(23)15-10-25-18(2)8-7-16(22)21(15)18/h3-6,15H,7-10H2,1-2H3/t15-,18-/m0/s1. The lowest BCUT2D eigenvalue weighted by molar-refractivity contribution is -0.154. The van der Waals surface area contributed by atoms with Gasteiger partial charge in [0.1, 0.15) is 12.6 Å². The lowest BCUT2D eigenvalue weighted by atomic mass is 10.2. The van der Waals surface area contributed by atoms with Gasteiger partial charge in [-0.15, -0.1) is 11.8 Å². The molecule has 3 heterocycles. The van der Waals surface area contributed by atoms with E-state index in [9.17, 15) is 9.59 Å². The smallest absolute Gasteiger partial charge is 0.330 e. The van der Waals surface area contributed by atoms with Crippen molar-refractivity contribution in [2.75, 3.05) is 5.75 Å². The van der Waals surface area contributed by atoms with E-state index in [1.165, 1.54) is 0 Å². The molecule has 0 aliphatic carbocycles. The highest BCUT2D eigenvalue weighted by molar-refractivity contribution is 8.01. The summed E-state index contributed by atoms with van der Waals surface area (Å²) in [5.41, 5.74) is 2.99. The molecule has 0 spiro atoms. The van der Waals surface area contributed by atoms with Crippen molar-refractivity contribution in [3.63, 3.8) is 0 Å². The van der Waals surface area contributed by atoms with Crippen LogP contribution in [0.2, 0.25) is 0 Å². The molecular weight excluding hydrogens is 338 g/mol. The van der Waals surface area contributed by atoms with Crippen LogP contribution in [0.1, 0.15) is 31.2 Å². The molecule has 0 saturated carbocycles. The zero-order chi connectivity index (χ0) is 17.6. The van der Waals surface area contributed by atoms with Crippen LogP contribution < -0.4 is 0 Å². The molecule has 2 fully saturated rings. The second-order valence-corrected chi connectivity index (χ2v) is 8.12. The highest BCUT2D eigenvalue weighted by Crippen LogP contribution is 2.47. The van der Waals surface area contributed by atoms with Gasteiger partial charge in [-0.05, 0) is 32.4 Å². The Bertz CT molecular complexity index is 872.